The molecule has 0 aliphatic heterocycles. The van der Waals surface area contributed by atoms with Crippen molar-refractivity contribution >= 4 is 35.1 Å². The highest BCUT2D eigenvalue weighted by Crippen LogP contribution is 2.25. The number of aromatic nitrogens is 4. The molecule has 0 atom stereocenters. The molecule has 0 saturated heterocycles. The van der Waals surface area contributed by atoms with Crippen LogP contribution in [0.3, 0.4) is 0 Å². The van der Waals surface area contributed by atoms with Gasteiger partial charge < -0.3 is 0 Å². The minimum Gasteiger partial charge on any atom is -0.277 e. The molecule has 0 saturated carbocycles. The Balaban J connectivity index is 1.66. The molecule has 3 aromatic rings. The van der Waals surface area contributed by atoms with Gasteiger partial charge in [0.05, 0.1) is 16.4 Å². The first-order chi connectivity index (χ1) is 11.2. The third-order valence-corrected chi connectivity index (χ3v) is 3.56. The molecule has 6 nitrogen and oxygen atoms in total. The normalized spacial score (nSPS) is 11.0. The first-order valence-electron chi connectivity index (χ1n) is 6.79. The minimum atomic E-state index is 0.472. The Bertz CT molecular complexity index is 816. The first kappa shape index (κ1) is 15.5. The fourth-order valence-electron chi connectivity index (χ4n) is 1.93. The van der Waals surface area contributed by atoms with Crippen molar-refractivity contribution in [1.82, 2.24) is 20.2 Å². The number of hydrazone groups is 1. The molecule has 1 N–H and O–H groups in total. The van der Waals surface area contributed by atoms with Gasteiger partial charge in [-0.1, -0.05) is 41.4 Å². The fraction of sp³-hybridized carbons (Fsp3) is 0.0667. The summed E-state index contributed by atoms with van der Waals surface area (Å²) >= 11 is 11.9. The Morgan fingerprint density at radius 3 is 2.74 bits per heavy atom. The molecule has 0 amide bonds. The van der Waals surface area contributed by atoms with Crippen LogP contribution in [-0.2, 0) is 6.42 Å². The standard InChI is InChI=1S/C15H12Cl2N6/c16-11-6-7-14(13(17)10-11)19-18-9-8-15-20-21-22-23(15)12-4-2-1-3-5-12/h1-7,9-10,19H,8H2. The molecule has 0 bridgehead atoms. The lowest BCUT2D eigenvalue weighted by Crippen LogP contribution is -2.04. The molecular formula is C15H12Cl2N6. The van der Waals surface area contributed by atoms with Crippen LogP contribution < -0.4 is 5.43 Å². The predicted octanol–water partition coefficient (Wildman–Crippen LogP) is 3.61. The van der Waals surface area contributed by atoms with Gasteiger partial charge in [-0.2, -0.15) is 9.78 Å². The van der Waals surface area contributed by atoms with Crippen LogP contribution in [0.25, 0.3) is 5.69 Å². The van der Waals surface area contributed by atoms with E-state index >= 15 is 0 Å². The lowest BCUT2D eigenvalue weighted by molar-refractivity contribution is 0.776. The Labute approximate surface area is 142 Å². The Morgan fingerprint density at radius 1 is 1.13 bits per heavy atom. The maximum Gasteiger partial charge on any atom is 0.162 e. The van der Waals surface area contributed by atoms with E-state index in [0.717, 1.165) is 5.69 Å². The van der Waals surface area contributed by atoms with E-state index in [0.29, 0.717) is 28.0 Å². The van der Waals surface area contributed by atoms with Crippen LogP contribution >= 0.6 is 23.2 Å². The van der Waals surface area contributed by atoms with E-state index in [4.69, 9.17) is 23.2 Å². The number of nitrogens with zero attached hydrogens (tertiary/aromatic N) is 5. The highest BCUT2D eigenvalue weighted by Gasteiger charge is 2.06. The second-order valence-electron chi connectivity index (χ2n) is 4.59. The highest BCUT2D eigenvalue weighted by molar-refractivity contribution is 6.36. The molecule has 0 unspecified atom stereocenters. The summed E-state index contributed by atoms with van der Waals surface area (Å²) in [6.45, 7) is 0. The average Bonchev–Trinajstić information content (AvgIpc) is 3.02. The zero-order valence-corrected chi connectivity index (χ0v) is 13.4. The van der Waals surface area contributed by atoms with Gasteiger partial charge in [-0.15, -0.1) is 5.10 Å². The van der Waals surface area contributed by atoms with Crippen molar-refractivity contribution in [2.45, 2.75) is 6.42 Å². The predicted molar refractivity (Wildman–Crippen MR) is 91.4 cm³/mol. The van der Waals surface area contributed by atoms with Crippen LogP contribution in [0, 0.1) is 0 Å². The van der Waals surface area contributed by atoms with E-state index in [9.17, 15) is 0 Å². The van der Waals surface area contributed by atoms with Gasteiger partial charge in [0.2, 0.25) is 0 Å². The van der Waals surface area contributed by atoms with Gasteiger partial charge in [0.25, 0.3) is 0 Å². The number of halogens is 2. The molecule has 0 aliphatic carbocycles. The van der Waals surface area contributed by atoms with Crippen molar-refractivity contribution in [3.05, 3.63) is 64.4 Å². The van der Waals surface area contributed by atoms with Gasteiger partial charge in [-0.3, -0.25) is 5.43 Å². The molecule has 0 aliphatic rings. The van der Waals surface area contributed by atoms with Crippen molar-refractivity contribution in [3.63, 3.8) is 0 Å². The molecule has 0 spiro atoms. The van der Waals surface area contributed by atoms with Gasteiger partial charge in [0.15, 0.2) is 5.82 Å². The molecule has 3 rings (SSSR count). The van der Waals surface area contributed by atoms with E-state index in [1.54, 1.807) is 29.1 Å². The third kappa shape index (κ3) is 3.85. The van der Waals surface area contributed by atoms with Crippen LogP contribution in [0.2, 0.25) is 10.0 Å². The lowest BCUT2D eigenvalue weighted by Gasteiger charge is -2.03. The number of nitrogens with one attached hydrogen (secondary N) is 1. The largest absolute Gasteiger partial charge is 0.277 e. The van der Waals surface area contributed by atoms with Crippen molar-refractivity contribution < 1.29 is 0 Å². The Hall–Kier alpha value is -2.44. The van der Waals surface area contributed by atoms with Crippen molar-refractivity contribution in [1.29, 1.82) is 0 Å². The van der Waals surface area contributed by atoms with Gasteiger partial charge in [-0.25, -0.2) is 0 Å². The smallest absolute Gasteiger partial charge is 0.162 e. The summed E-state index contributed by atoms with van der Waals surface area (Å²) < 4.78 is 1.67. The fourth-order valence-corrected chi connectivity index (χ4v) is 2.38. The maximum absolute atomic E-state index is 6.06. The second kappa shape index (κ2) is 7.21. The topological polar surface area (TPSA) is 68.0 Å². The van der Waals surface area contributed by atoms with Crippen LogP contribution in [0.4, 0.5) is 5.69 Å². The number of anilines is 1. The van der Waals surface area contributed by atoms with Crippen LogP contribution in [0.1, 0.15) is 5.82 Å². The number of hydrogen-bond acceptors (Lipinski definition) is 5. The average molecular weight is 347 g/mol. The van der Waals surface area contributed by atoms with E-state index < -0.39 is 0 Å². The van der Waals surface area contributed by atoms with Crippen LogP contribution in [0.15, 0.2) is 53.6 Å². The number of tetrazole rings is 1. The number of benzene rings is 2. The monoisotopic (exact) mass is 346 g/mol. The third-order valence-electron chi connectivity index (χ3n) is 3.02. The lowest BCUT2D eigenvalue weighted by atomic mass is 10.3. The van der Waals surface area contributed by atoms with Crippen molar-refractivity contribution in [2.75, 3.05) is 5.43 Å². The molecule has 0 fully saturated rings. The van der Waals surface area contributed by atoms with Crippen molar-refractivity contribution in [3.8, 4) is 5.69 Å². The summed E-state index contributed by atoms with van der Waals surface area (Å²) in [7, 11) is 0. The SMILES string of the molecule is Clc1ccc(NN=CCc2nnnn2-c2ccccc2)c(Cl)c1. The number of para-hydroxylation sites is 1. The number of rotatable bonds is 5. The molecule has 0 radical (unpaired) electrons. The molecule has 23 heavy (non-hydrogen) atoms. The van der Waals surface area contributed by atoms with Gasteiger partial charge >= 0.3 is 0 Å². The molecule has 2 aromatic carbocycles. The first-order valence-corrected chi connectivity index (χ1v) is 7.55. The van der Waals surface area contributed by atoms with Gasteiger partial charge in [0.1, 0.15) is 0 Å². The van der Waals surface area contributed by atoms with Crippen LogP contribution in [0.5, 0.6) is 0 Å². The van der Waals surface area contributed by atoms with E-state index in [1.165, 1.54) is 0 Å². The summed E-state index contributed by atoms with van der Waals surface area (Å²) in [5.74, 6) is 0.684. The zero-order valence-electron chi connectivity index (χ0n) is 11.9. The quantitative estimate of drug-likeness (QED) is 0.566. The van der Waals surface area contributed by atoms with E-state index in [1.807, 2.05) is 30.3 Å². The second-order valence-corrected chi connectivity index (χ2v) is 5.44. The van der Waals surface area contributed by atoms with Crippen LogP contribution in [-0.4, -0.2) is 26.4 Å². The Kier molecular flexibility index (Phi) is 4.85. The van der Waals surface area contributed by atoms with E-state index in [2.05, 4.69) is 26.1 Å². The van der Waals surface area contributed by atoms with E-state index in [-0.39, 0.29) is 0 Å². The van der Waals surface area contributed by atoms with Gasteiger partial charge in [-0.05, 0) is 40.8 Å². The molecule has 1 heterocycles. The Morgan fingerprint density at radius 2 is 1.96 bits per heavy atom. The summed E-state index contributed by atoms with van der Waals surface area (Å²) in [6.07, 6.45) is 2.15. The zero-order chi connectivity index (χ0) is 16.1. The molecule has 1 aromatic heterocycles. The molecule has 116 valence electrons. The minimum absolute atomic E-state index is 0.472. The summed E-state index contributed by atoms with van der Waals surface area (Å²) in [5, 5.41) is 16.9. The van der Waals surface area contributed by atoms with Gasteiger partial charge in [0, 0.05) is 17.7 Å². The van der Waals surface area contributed by atoms with Crippen molar-refractivity contribution in [2.24, 2.45) is 5.10 Å². The summed E-state index contributed by atoms with van der Waals surface area (Å²) in [4.78, 5) is 0. The maximum atomic E-state index is 6.06. The highest BCUT2D eigenvalue weighted by atomic mass is 35.5. The number of hydrogen-bond donors (Lipinski definition) is 1. The molecular weight excluding hydrogens is 335 g/mol. The summed E-state index contributed by atoms with van der Waals surface area (Å²) in [6, 6.07) is 14.8. The molecule has 8 heteroatoms. The summed E-state index contributed by atoms with van der Waals surface area (Å²) in [5.41, 5.74) is 4.44.